The average Bonchev–Trinajstić information content (AvgIpc) is 3.20. The third-order valence-electron chi connectivity index (χ3n) is 4.46. The number of hydrogen-bond donors (Lipinski definition) is 0. The predicted octanol–water partition coefficient (Wildman–Crippen LogP) is 4.72. The molecule has 0 fully saturated rings. The normalized spacial score (nSPS) is 12.2. The molecule has 8 heteroatoms. The lowest BCUT2D eigenvalue weighted by molar-refractivity contribution is -0.384. The third-order valence-corrected chi connectivity index (χ3v) is 6.84. The molecular formula is C19H15N3O3S2. The number of hydrogen-bond acceptors (Lipinski definition) is 5. The Kier molecular flexibility index (Phi) is 4.16. The largest absolute Gasteiger partial charge is 0.319 e. The van der Waals surface area contributed by atoms with Crippen LogP contribution in [0, 0.1) is 24.0 Å². The minimum absolute atomic E-state index is 0.0121. The highest BCUT2D eigenvalue weighted by Gasteiger charge is 2.14. The van der Waals surface area contributed by atoms with Crippen LogP contribution in [0.4, 0.5) is 5.69 Å². The zero-order chi connectivity index (χ0) is 19.3. The van der Waals surface area contributed by atoms with E-state index in [-0.39, 0.29) is 11.6 Å². The number of amides is 1. The Bertz CT molecular complexity index is 1310. The lowest BCUT2D eigenvalue weighted by atomic mass is 10.1. The van der Waals surface area contributed by atoms with E-state index in [0.29, 0.717) is 15.1 Å². The summed E-state index contributed by atoms with van der Waals surface area (Å²) in [7, 11) is 1.91. The first-order valence-corrected chi connectivity index (χ1v) is 9.81. The van der Waals surface area contributed by atoms with Crippen molar-refractivity contribution in [2.75, 3.05) is 0 Å². The van der Waals surface area contributed by atoms with Gasteiger partial charge in [0.15, 0.2) is 4.80 Å². The molecule has 1 amide bonds. The standard InChI is InChI=1S/C19H15N3O3S2/c1-10-4-5-11(2)17-16(10)21(3)19(27-17)20-18(23)15-9-12-8-13(22(24)25)6-7-14(12)26-15/h4-9H,1-3H3. The molecule has 27 heavy (non-hydrogen) atoms. The summed E-state index contributed by atoms with van der Waals surface area (Å²) in [5.74, 6) is -0.337. The van der Waals surface area contributed by atoms with Gasteiger partial charge in [0.05, 0.1) is 20.0 Å². The number of non-ortho nitro benzene ring substituents is 1. The molecule has 0 N–H and O–H groups in total. The maximum atomic E-state index is 12.7. The fourth-order valence-electron chi connectivity index (χ4n) is 3.06. The van der Waals surface area contributed by atoms with Crippen LogP contribution >= 0.6 is 22.7 Å². The van der Waals surface area contributed by atoms with Gasteiger partial charge in [-0.25, -0.2) is 0 Å². The molecule has 6 nitrogen and oxygen atoms in total. The smallest absolute Gasteiger partial charge is 0.289 e. The summed E-state index contributed by atoms with van der Waals surface area (Å²) in [6.45, 7) is 4.09. The molecule has 0 atom stereocenters. The van der Waals surface area contributed by atoms with E-state index in [9.17, 15) is 14.9 Å². The Morgan fingerprint density at radius 3 is 2.56 bits per heavy atom. The highest BCUT2D eigenvalue weighted by Crippen LogP contribution is 2.29. The molecule has 0 saturated heterocycles. The summed E-state index contributed by atoms with van der Waals surface area (Å²) in [4.78, 5) is 28.6. The molecule has 0 spiro atoms. The van der Waals surface area contributed by atoms with Crippen LogP contribution in [0.25, 0.3) is 20.3 Å². The maximum absolute atomic E-state index is 12.7. The predicted molar refractivity (Wildman–Crippen MR) is 109 cm³/mol. The van der Waals surface area contributed by atoms with Crippen molar-refractivity contribution in [2.24, 2.45) is 12.0 Å². The van der Waals surface area contributed by atoms with Crippen molar-refractivity contribution in [3.63, 3.8) is 0 Å². The van der Waals surface area contributed by atoms with E-state index >= 15 is 0 Å². The maximum Gasteiger partial charge on any atom is 0.289 e. The van der Waals surface area contributed by atoms with Crippen LogP contribution < -0.4 is 4.80 Å². The lowest BCUT2D eigenvalue weighted by Gasteiger charge is -2.01. The van der Waals surface area contributed by atoms with Gasteiger partial charge in [0.25, 0.3) is 11.6 Å². The second-order valence-corrected chi connectivity index (χ2v) is 8.39. The summed E-state index contributed by atoms with van der Waals surface area (Å²) in [6.07, 6.45) is 0. The van der Waals surface area contributed by atoms with Gasteiger partial charge in [0.2, 0.25) is 0 Å². The number of carbonyl (C=O) groups excluding carboxylic acids is 1. The van der Waals surface area contributed by atoms with Gasteiger partial charge in [-0.15, -0.1) is 11.3 Å². The molecule has 2 aromatic carbocycles. The number of rotatable bonds is 2. The van der Waals surface area contributed by atoms with Crippen LogP contribution in [0.3, 0.4) is 0 Å². The number of carbonyl (C=O) groups is 1. The zero-order valence-electron chi connectivity index (χ0n) is 14.8. The molecule has 4 rings (SSSR count). The molecule has 0 radical (unpaired) electrons. The number of aryl methyl sites for hydroxylation is 3. The van der Waals surface area contributed by atoms with Crippen molar-refractivity contribution in [1.82, 2.24) is 4.57 Å². The Morgan fingerprint density at radius 1 is 1.11 bits per heavy atom. The quantitative estimate of drug-likeness (QED) is 0.363. The Balaban J connectivity index is 1.82. The van der Waals surface area contributed by atoms with E-state index in [1.807, 2.05) is 25.5 Å². The third kappa shape index (κ3) is 2.96. The summed E-state index contributed by atoms with van der Waals surface area (Å²) in [5.41, 5.74) is 3.38. The highest BCUT2D eigenvalue weighted by molar-refractivity contribution is 7.21. The molecule has 0 bridgehead atoms. The lowest BCUT2D eigenvalue weighted by Crippen LogP contribution is -2.13. The first kappa shape index (κ1) is 17.6. The van der Waals surface area contributed by atoms with Crippen LogP contribution in [-0.4, -0.2) is 15.4 Å². The van der Waals surface area contributed by atoms with E-state index in [4.69, 9.17) is 0 Å². The van der Waals surface area contributed by atoms with Crippen molar-refractivity contribution < 1.29 is 9.72 Å². The number of nitro benzene ring substituents is 1. The van der Waals surface area contributed by atoms with E-state index in [1.54, 1.807) is 12.1 Å². The Morgan fingerprint density at radius 2 is 1.85 bits per heavy atom. The van der Waals surface area contributed by atoms with E-state index in [0.717, 1.165) is 26.0 Å². The number of nitrogens with zero attached hydrogens (tertiary/aromatic N) is 3. The van der Waals surface area contributed by atoms with Crippen molar-refractivity contribution in [3.05, 3.63) is 67.3 Å². The van der Waals surface area contributed by atoms with Crippen LogP contribution in [0.15, 0.2) is 41.4 Å². The fourth-order valence-corrected chi connectivity index (χ4v) is 5.15. The van der Waals surface area contributed by atoms with Gasteiger partial charge < -0.3 is 4.57 Å². The first-order chi connectivity index (χ1) is 12.8. The van der Waals surface area contributed by atoms with Gasteiger partial charge in [-0.2, -0.15) is 4.99 Å². The fraction of sp³-hybridized carbons (Fsp3) is 0.158. The number of benzene rings is 2. The van der Waals surface area contributed by atoms with Gasteiger partial charge >= 0.3 is 0 Å². The van der Waals surface area contributed by atoms with Crippen molar-refractivity contribution in [2.45, 2.75) is 13.8 Å². The molecule has 136 valence electrons. The summed E-state index contributed by atoms with van der Waals surface area (Å²) >= 11 is 2.79. The van der Waals surface area contributed by atoms with Crippen LogP contribution in [-0.2, 0) is 7.05 Å². The molecule has 0 aliphatic rings. The zero-order valence-corrected chi connectivity index (χ0v) is 16.5. The molecular weight excluding hydrogens is 382 g/mol. The van der Waals surface area contributed by atoms with Gasteiger partial charge in [-0.1, -0.05) is 23.5 Å². The van der Waals surface area contributed by atoms with Crippen molar-refractivity contribution >= 4 is 54.6 Å². The van der Waals surface area contributed by atoms with E-state index in [2.05, 4.69) is 17.1 Å². The minimum atomic E-state index is -0.440. The topological polar surface area (TPSA) is 77.5 Å². The van der Waals surface area contributed by atoms with E-state index < -0.39 is 4.92 Å². The number of thiophene rings is 1. The molecule has 0 unspecified atom stereocenters. The van der Waals surface area contributed by atoms with Crippen LogP contribution in [0.2, 0.25) is 0 Å². The summed E-state index contributed by atoms with van der Waals surface area (Å²) < 4.78 is 3.89. The van der Waals surface area contributed by atoms with Crippen molar-refractivity contribution in [3.8, 4) is 0 Å². The number of thiazole rings is 1. The molecule has 2 aromatic heterocycles. The summed E-state index contributed by atoms with van der Waals surface area (Å²) in [5, 5.41) is 11.6. The number of nitro groups is 1. The second-order valence-electron chi connectivity index (χ2n) is 6.33. The van der Waals surface area contributed by atoms with Crippen LogP contribution in [0.1, 0.15) is 20.8 Å². The average molecular weight is 397 g/mol. The Hall–Kier alpha value is -2.84. The second kappa shape index (κ2) is 6.40. The number of fused-ring (bicyclic) bond motifs is 2. The number of aromatic nitrogens is 1. The molecule has 0 aliphatic heterocycles. The Labute approximate surface area is 162 Å². The first-order valence-electron chi connectivity index (χ1n) is 8.18. The monoisotopic (exact) mass is 397 g/mol. The van der Waals surface area contributed by atoms with Gasteiger partial charge in [0, 0.05) is 29.3 Å². The SMILES string of the molecule is Cc1ccc(C)c2c1sc(=NC(=O)c1cc3cc([N+](=O)[O-])ccc3s1)n2C. The highest BCUT2D eigenvalue weighted by atomic mass is 32.1. The van der Waals surface area contributed by atoms with Gasteiger partial charge in [-0.05, 0) is 37.1 Å². The molecule has 0 saturated carbocycles. The van der Waals surface area contributed by atoms with Crippen molar-refractivity contribution in [1.29, 1.82) is 0 Å². The molecule has 2 heterocycles. The molecule has 0 aliphatic carbocycles. The van der Waals surface area contributed by atoms with Gasteiger partial charge in [-0.3, -0.25) is 14.9 Å². The molecule has 4 aromatic rings. The van der Waals surface area contributed by atoms with Gasteiger partial charge in [0.1, 0.15) is 0 Å². The van der Waals surface area contributed by atoms with Crippen LogP contribution in [0.5, 0.6) is 0 Å². The summed E-state index contributed by atoms with van der Waals surface area (Å²) in [6, 6.07) is 10.4. The van der Waals surface area contributed by atoms with E-state index in [1.165, 1.54) is 34.8 Å². The minimum Gasteiger partial charge on any atom is -0.319 e.